The molecule has 0 saturated heterocycles. The van der Waals surface area contributed by atoms with E-state index in [0.717, 1.165) is 36.7 Å². The maximum atomic E-state index is 5.92. The highest BCUT2D eigenvalue weighted by Gasteiger charge is 2.06. The van der Waals surface area contributed by atoms with Crippen LogP contribution < -0.4 is 15.4 Å². The molecule has 0 atom stereocenters. The molecular formula is C20H35N3O4. The Morgan fingerprint density at radius 2 is 1.78 bits per heavy atom. The first kappa shape index (κ1) is 23.2. The summed E-state index contributed by atoms with van der Waals surface area (Å²) < 4.78 is 21.4. The zero-order valence-corrected chi connectivity index (χ0v) is 17.2. The molecule has 27 heavy (non-hydrogen) atoms. The van der Waals surface area contributed by atoms with Crippen LogP contribution in [0.25, 0.3) is 0 Å². The molecule has 0 aromatic heterocycles. The van der Waals surface area contributed by atoms with Crippen molar-refractivity contribution in [3.05, 3.63) is 29.3 Å². The summed E-state index contributed by atoms with van der Waals surface area (Å²) in [5.74, 6) is 1.67. The van der Waals surface area contributed by atoms with Gasteiger partial charge in [-0.15, -0.1) is 0 Å². The van der Waals surface area contributed by atoms with Crippen molar-refractivity contribution in [2.75, 3.05) is 60.8 Å². The van der Waals surface area contributed by atoms with Gasteiger partial charge in [0.25, 0.3) is 0 Å². The molecule has 0 bridgehead atoms. The van der Waals surface area contributed by atoms with Crippen molar-refractivity contribution in [2.24, 2.45) is 4.99 Å². The first-order chi connectivity index (χ1) is 13.2. The smallest absolute Gasteiger partial charge is 0.191 e. The average Bonchev–Trinajstić information content (AvgIpc) is 2.68. The van der Waals surface area contributed by atoms with Gasteiger partial charge in [-0.05, 0) is 25.0 Å². The van der Waals surface area contributed by atoms with E-state index in [1.807, 2.05) is 0 Å². The SMILES string of the molecule is CN=C(NCCCOCCOC)NCc1ccc(C)cc1OCCCOC. The molecule has 1 rings (SSSR count). The highest BCUT2D eigenvalue weighted by atomic mass is 16.5. The van der Waals surface area contributed by atoms with Crippen LogP contribution in [-0.4, -0.2) is 66.8 Å². The van der Waals surface area contributed by atoms with E-state index < -0.39 is 0 Å². The maximum absolute atomic E-state index is 5.92. The van der Waals surface area contributed by atoms with Gasteiger partial charge in [0.1, 0.15) is 5.75 Å². The molecule has 0 aliphatic carbocycles. The third-order valence-corrected chi connectivity index (χ3v) is 3.83. The Morgan fingerprint density at radius 1 is 0.963 bits per heavy atom. The van der Waals surface area contributed by atoms with E-state index in [4.69, 9.17) is 18.9 Å². The Bertz CT molecular complexity index is 538. The number of guanidine groups is 1. The molecule has 0 amide bonds. The average molecular weight is 382 g/mol. The van der Waals surface area contributed by atoms with Crippen LogP contribution in [0.5, 0.6) is 5.75 Å². The number of nitrogens with zero attached hydrogens (tertiary/aromatic N) is 1. The molecule has 7 nitrogen and oxygen atoms in total. The fraction of sp³-hybridized carbons (Fsp3) is 0.650. The fourth-order valence-corrected chi connectivity index (χ4v) is 2.35. The lowest BCUT2D eigenvalue weighted by Crippen LogP contribution is -2.37. The second-order valence-electron chi connectivity index (χ2n) is 6.12. The molecular weight excluding hydrogens is 346 g/mol. The normalized spacial score (nSPS) is 11.5. The molecule has 0 heterocycles. The number of methoxy groups -OCH3 is 2. The third kappa shape index (κ3) is 10.8. The van der Waals surface area contributed by atoms with Crippen LogP contribution in [0.1, 0.15) is 24.0 Å². The maximum Gasteiger partial charge on any atom is 0.191 e. The largest absolute Gasteiger partial charge is 0.493 e. The summed E-state index contributed by atoms with van der Waals surface area (Å²) in [6, 6.07) is 6.24. The first-order valence-electron chi connectivity index (χ1n) is 9.43. The Morgan fingerprint density at radius 3 is 2.52 bits per heavy atom. The Kier molecular flexibility index (Phi) is 13.1. The van der Waals surface area contributed by atoms with Crippen LogP contribution in [-0.2, 0) is 20.8 Å². The number of rotatable bonds is 14. The summed E-state index contributed by atoms with van der Waals surface area (Å²) in [5.41, 5.74) is 2.28. The van der Waals surface area contributed by atoms with Crippen LogP contribution in [0.15, 0.2) is 23.2 Å². The van der Waals surface area contributed by atoms with Crippen molar-refractivity contribution in [2.45, 2.75) is 26.3 Å². The highest BCUT2D eigenvalue weighted by Crippen LogP contribution is 2.20. The Balaban J connectivity index is 2.38. The molecule has 0 saturated carbocycles. The van der Waals surface area contributed by atoms with Crippen LogP contribution in [0, 0.1) is 6.92 Å². The molecule has 0 unspecified atom stereocenters. The number of ether oxygens (including phenoxy) is 4. The van der Waals surface area contributed by atoms with Crippen LogP contribution in [0.4, 0.5) is 0 Å². The lowest BCUT2D eigenvalue weighted by atomic mass is 10.1. The van der Waals surface area contributed by atoms with E-state index in [0.29, 0.717) is 39.6 Å². The number of nitrogens with one attached hydrogen (secondary N) is 2. The molecule has 0 aliphatic rings. The van der Waals surface area contributed by atoms with Gasteiger partial charge in [0.15, 0.2) is 5.96 Å². The number of hydrogen-bond donors (Lipinski definition) is 2. The molecule has 1 aromatic rings. The van der Waals surface area contributed by atoms with Crippen LogP contribution >= 0.6 is 0 Å². The summed E-state index contributed by atoms with van der Waals surface area (Å²) in [5, 5.41) is 6.62. The third-order valence-electron chi connectivity index (χ3n) is 3.83. The summed E-state index contributed by atoms with van der Waals surface area (Å²) >= 11 is 0. The molecule has 7 heteroatoms. The highest BCUT2D eigenvalue weighted by molar-refractivity contribution is 5.79. The Hall–Kier alpha value is -1.83. The minimum atomic E-state index is 0.628. The summed E-state index contributed by atoms with van der Waals surface area (Å²) in [6.45, 7) is 6.79. The van der Waals surface area contributed by atoms with E-state index in [-0.39, 0.29) is 0 Å². The lowest BCUT2D eigenvalue weighted by Gasteiger charge is -2.15. The molecule has 0 spiro atoms. The van der Waals surface area contributed by atoms with Gasteiger partial charge in [0, 0.05) is 59.6 Å². The van der Waals surface area contributed by atoms with Gasteiger partial charge in [0.2, 0.25) is 0 Å². The zero-order chi connectivity index (χ0) is 19.7. The number of aryl methyl sites for hydroxylation is 1. The van der Waals surface area contributed by atoms with Gasteiger partial charge in [-0.2, -0.15) is 0 Å². The lowest BCUT2D eigenvalue weighted by molar-refractivity contribution is 0.0698. The summed E-state index contributed by atoms with van der Waals surface area (Å²) in [4.78, 5) is 4.26. The first-order valence-corrected chi connectivity index (χ1v) is 9.43. The quantitative estimate of drug-likeness (QED) is 0.292. The van der Waals surface area contributed by atoms with Gasteiger partial charge in [-0.1, -0.05) is 12.1 Å². The van der Waals surface area contributed by atoms with Crippen LogP contribution in [0.2, 0.25) is 0 Å². The number of hydrogen-bond acceptors (Lipinski definition) is 5. The number of aliphatic imine (C=N–C) groups is 1. The van der Waals surface area contributed by atoms with E-state index in [9.17, 15) is 0 Å². The van der Waals surface area contributed by atoms with Gasteiger partial charge < -0.3 is 29.6 Å². The predicted molar refractivity (Wildman–Crippen MR) is 109 cm³/mol. The molecule has 0 fully saturated rings. The molecule has 2 N–H and O–H groups in total. The second kappa shape index (κ2) is 15.2. The van der Waals surface area contributed by atoms with E-state index in [1.165, 1.54) is 5.56 Å². The van der Waals surface area contributed by atoms with E-state index >= 15 is 0 Å². The van der Waals surface area contributed by atoms with Crippen LogP contribution in [0.3, 0.4) is 0 Å². The van der Waals surface area contributed by atoms with Gasteiger partial charge in [-0.3, -0.25) is 4.99 Å². The molecule has 0 aliphatic heterocycles. The zero-order valence-electron chi connectivity index (χ0n) is 17.2. The van der Waals surface area contributed by atoms with Gasteiger partial charge in [-0.25, -0.2) is 0 Å². The topological polar surface area (TPSA) is 73.3 Å². The number of benzene rings is 1. The molecule has 0 radical (unpaired) electrons. The fourth-order valence-electron chi connectivity index (χ4n) is 2.35. The summed E-state index contributed by atoms with van der Waals surface area (Å²) in [6.07, 6.45) is 1.77. The van der Waals surface area contributed by atoms with Crippen molar-refractivity contribution in [3.63, 3.8) is 0 Å². The van der Waals surface area contributed by atoms with E-state index in [2.05, 4.69) is 40.7 Å². The monoisotopic (exact) mass is 381 g/mol. The van der Waals surface area contributed by atoms with Crippen molar-refractivity contribution in [3.8, 4) is 5.75 Å². The van der Waals surface area contributed by atoms with Gasteiger partial charge >= 0.3 is 0 Å². The Labute approximate surface area is 163 Å². The summed E-state index contributed by atoms with van der Waals surface area (Å²) in [7, 11) is 5.14. The minimum absolute atomic E-state index is 0.628. The van der Waals surface area contributed by atoms with Crippen molar-refractivity contribution >= 4 is 5.96 Å². The molecule has 1 aromatic carbocycles. The standard InChI is InChI=1S/C20H35N3O4/c1-17-7-8-18(19(15-17)27-12-6-10-24-3)16-23-20(21-2)22-9-5-11-26-14-13-25-4/h7-8,15H,5-6,9-14,16H2,1-4H3,(H2,21,22,23). The van der Waals surface area contributed by atoms with Gasteiger partial charge in [0.05, 0.1) is 19.8 Å². The predicted octanol–water partition coefficient (Wildman–Crippen LogP) is 2.13. The minimum Gasteiger partial charge on any atom is -0.493 e. The van der Waals surface area contributed by atoms with Crippen molar-refractivity contribution in [1.29, 1.82) is 0 Å². The van der Waals surface area contributed by atoms with Crippen molar-refractivity contribution < 1.29 is 18.9 Å². The van der Waals surface area contributed by atoms with Crippen molar-refractivity contribution in [1.82, 2.24) is 10.6 Å². The second-order valence-corrected chi connectivity index (χ2v) is 6.12. The van der Waals surface area contributed by atoms with E-state index in [1.54, 1.807) is 21.3 Å². The molecule has 154 valence electrons.